The first-order valence-corrected chi connectivity index (χ1v) is 11.1. The Morgan fingerprint density at radius 1 is 1.00 bits per heavy atom. The minimum Gasteiger partial charge on any atom is -0.322 e. The molecule has 0 unspecified atom stereocenters. The average molecular weight is 494 g/mol. The van der Waals surface area contributed by atoms with E-state index in [-0.39, 0.29) is 27.6 Å². The maximum Gasteiger partial charge on any atom is 0.416 e. The monoisotopic (exact) mass is 493 g/mol. The molecule has 11 heteroatoms. The number of nitrogens with zero attached hydrogens (tertiary/aromatic N) is 1. The van der Waals surface area contributed by atoms with E-state index in [1.54, 1.807) is 24.3 Å². The summed E-state index contributed by atoms with van der Waals surface area (Å²) in [5.41, 5.74) is -0.303. The summed E-state index contributed by atoms with van der Waals surface area (Å²) in [6, 6.07) is 15.5. The minimum atomic E-state index is -4.64. The van der Waals surface area contributed by atoms with Crippen molar-refractivity contribution in [2.45, 2.75) is 17.5 Å². The first-order chi connectivity index (χ1) is 15.5. The van der Waals surface area contributed by atoms with Gasteiger partial charge in [0.25, 0.3) is 15.9 Å². The average Bonchev–Trinajstić information content (AvgIpc) is 2.74. The van der Waals surface area contributed by atoms with Crippen LogP contribution < -0.4 is 10.0 Å². The molecule has 0 atom stereocenters. The van der Waals surface area contributed by atoms with E-state index >= 15 is 0 Å². The summed E-state index contributed by atoms with van der Waals surface area (Å²) in [5.74, 6) is -0.691. The predicted octanol–water partition coefficient (Wildman–Crippen LogP) is 5.48. The van der Waals surface area contributed by atoms with Gasteiger partial charge in [-0.2, -0.15) is 18.4 Å². The van der Waals surface area contributed by atoms with Gasteiger partial charge >= 0.3 is 6.18 Å². The molecular formula is C22H15ClF3N3O3S. The van der Waals surface area contributed by atoms with Crippen LogP contribution in [0.25, 0.3) is 0 Å². The van der Waals surface area contributed by atoms with Gasteiger partial charge in [-0.15, -0.1) is 0 Å². The van der Waals surface area contributed by atoms with Gasteiger partial charge in [0, 0.05) is 11.4 Å². The van der Waals surface area contributed by atoms with Gasteiger partial charge in [-0.3, -0.25) is 9.52 Å². The number of alkyl halides is 3. The van der Waals surface area contributed by atoms with Crippen molar-refractivity contribution < 1.29 is 26.4 Å². The zero-order chi connectivity index (χ0) is 24.2. The van der Waals surface area contributed by atoms with Gasteiger partial charge in [0.05, 0.1) is 33.5 Å². The molecule has 3 aromatic rings. The van der Waals surface area contributed by atoms with Crippen molar-refractivity contribution in [1.29, 1.82) is 5.26 Å². The maximum absolute atomic E-state index is 12.9. The van der Waals surface area contributed by atoms with Crippen LogP contribution in [0.15, 0.2) is 71.6 Å². The molecule has 0 saturated carbocycles. The molecule has 0 bridgehead atoms. The van der Waals surface area contributed by atoms with Crippen LogP contribution in [-0.2, 0) is 22.6 Å². The molecule has 0 aliphatic heterocycles. The Kier molecular flexibility index (Phi) is 6.95. The predicted molar refractivity (Wildman–Crippen MR) is 117 cm³/mol. The van der Waals surface area contributed by atoms with E-state index < -0.39 is 27.7 Å². The lowest BCUT2D eigenvalue weighted by molar-refractivity contribution is -0.137. The first kappa shape index (κ1) is 24.1. The van der Waals surface area contributed by atoms with E-state index in [9.17, 15) is 26.4 Å². The molecule has 0 heterocycles. The zero-order valence-electron chi connectivity index (χ0n) is 16.7. The largest absolute Gasteiger partial charge is 0.416 e. The van der Waals surface area contributed by atoms with Crippen molar-refractivity contribution in [3.63, 3.8) is 0 Å². The smallest absolute Gasteiger partial charge is 0.322 e. The summed E-state index contributed by atoms with van der Waals surface area (Å²) in [6.45, 7) is 0. The Hall–Kier alpha value is -3.55. The molecule has 0 aromatic heterocycles. The first-order valence-electron chi connectivity index (χ1n) is 9.26. The molecule has 0 radical (unpaired) electrons. The lowest BCUT2D eigenvalue weighted by Gasteiger charge is -2.13. The number of nitrogens with one attached hydrogen (secondary N) is 2. The molecule has 0 aliphatic carbocycles. The summed E-state index contributed by atoms with van der Waals surface area (Å²) < 4.78 is 66.2. The van der Waals surface area contributed by atoms with Crippen LogP contribution in [-0.4, -0.2) is 14.3 Å². The van der Waals surface area contributed by atoms with E-state index in [1.165, 1.54) is 12.1 Å². The van der Waals surface area contributed by atoms with Gasteiger partial charge in [0.2, 0.25) is 0 Å². The number of carbonyl (C=O) groups is 1. The Balaban J connectivity index is 1.84. The van der Waals surface area contributed by atoms with E-state index in [0.717, 1.165) is 29.8 Å². The zero-order valence-corrected chi connectivity index (χ0v) is 18.2. The van der Waals surface area contributed by atoms with E-state index in [4.69, 9.17) is 16.9 Å². The Labute approximate surface area is 192 Å². The van der Waals surface area contributed by atoms with E-state index in [1.807, 2.05) is 6.07 Å². The summed E-state index contributed by atoms with van der Waals surface area (Å²) in [5, 5.41) is 11.3. The van der Waals surface area contributed by atoms with Gasteiger partial charge in [0.15, 0.2) is 0 Å². The second kappa shape index (κ2) is 9.52. The standard InChI is InChI=1S/C22H15ClF3N3O3S/c23-20-9-8-18(33(31,32)29-17-3-1-2-15(12-17)22(24,25)26)13-19(20)21(30)28-16-6-4-14(5-7-16)10-11-27/h1-9,12-13,29H,10H2,(H,28,30). The van der Waals surface area contributed by atoms with Crippen LogP contribution in [0.2, 0.25) is 5.02 Å². The molecule has 6 nitrogen and oxygen atoms in total. The fourth-order valence-corrected chi connectivity index (χ4v) is 4.09. The molecule has 0 spiro atoms. The van der Waals surface area contributed by atoms with Crippen LogP contribution in [0, 0.1) is 11.3 Å². The Morgan fingerprint density at radius 2 is 1.70 bits per heavy atom. The molecule has 0 aliphatic rings. The molecule has 3 aromatic carbocycles. The second-order valence-corrected chi connectivity index (χ2v) is 8.90. The number of halogens is 4. The molecular weight excluding hydrogens is 479 g/mol. The maximum atomic E-state index is 12.9. The molecule has 0 fully saturated rings. The van der Waals surface area contributed by atoms with Crippen molar-refractivity contribution in [2.75, 3.05) is 10.0 Å². The third-order valence-corrected chi connectivity index (χ3v) is 6.14. The van der Waals surface area contributed by atoms with Crippen LogP contribution in [0.5, 0.6) is 0 Å². The summed E-state index contributed by atoms with van der Waals surface area (Å²) >= 11 is 6.07. The topological polar surface area (TPSA) is 99.1 Å². The Morgan fingerprint density at radius 3 is 2.33 bits per heavy atom. The summed E-state index contributed by atoms with van der Waals surface area (Å²) in [4.78, 5) is 12.3. The van der Waals surface area contributed by atoms with Gasteiger partial charge in [0.1, 0.15) is 0 Å². The number of nitriles is 1. The highest BCUT2D eigenvalue weighted by Gasteiger charge is 2.31. The van der Waals surface area contributed by atoms with Crippen LogP contribution in [0.3, 0.4) is 0 Å². The van der Waals surface area contributed by atoms with Crippen LogP contribution in [0.4, 0.5) is 24.5 Å². The quantitative estimate of drug-likeness (QED) is 0.475. The molecule has 1 amide bonds. The highest BCUT2D eigenvalue weighted by molar-refractivity contribution is 7.92. The third-order valence-electron chi connectivity index (χ3n) is 4.43. The Bertz CT molecular complexity index is 1340. The second-order valence-electron chi connectivity index (χ2n) is 6.81. The van der Waals surface area contributed by atoms with Gasteiger partial charge < -0.3 is 5.32 Å². The van der Waals surface area contributed by atoms with Crippen molar-refractivity contribution in [3.8, 4) is 6.07 Å². The van der Waals surface area contributed by atoms with Crippen molar-refractivity contribution in [1.82, 2.24) is 0 Å². The lowest BCUT2D eigenvalue weighted by atomic mass is 10.1. The molecule has 33 heavy (non-hydrogen) atoms. The van der Waals surface area contributed by atoms with Crippen molar-refractivity contribution >= 4 is 38.9 Å². The van der Waals surface area contributed by atoms with E-state index in [2.05, 4.69) is 10.0 Å². The number of sulfonamides is 1. The number of benzene rings is 3. The van der Waals surface area contributed by atoms with Crippen molar-refractivity contribution in [2.24, 2.45) is 0 Å². The SMILES string of the molecule is N#CCc1ccc(NC(=O)c2cc(S(=O)(=O)Nc3cccc(C(F)(F)F)c3)ccc2Cl)cc1. The number of hydrogen-bond donors (Lipinski definition) is 2. The van der Waals surface area contributed by atoms with Gasteiger partial charge in [-0.25, -0.2) is 8.42 Å². The number of anilines is 2. The highest BCUT2D eigenvalue weighted by Crippen LogP contribution is 2.31. The van der Waals surface area contributed by atoms with Gasteiger partial charge in [-0.1, -0.05) is 29.8 Å². The fraction of sp³-hybridized carbons (Fsp3) is 0.0909. The van der Waals surface area contributed by atoms with Gasteiger partial charge in [-0.05, 0) is 54.1 Å². The molecule has 2 N–H and O–H groups in total. The van der Waals surface area contributed by atoms with Crippen molar-refractivity contribution in [3.05, 3.63) is 88.4 Å². The molecule has 3 rings (SSSR count). The normalized spacial score (nSPS) is 11.5. The number of rotatable bonds is 6. The number of carbonyl (C=O) groups excluding carboxylic acids is 1. The molecule has 170 valence electrons. The molecule has 0 saturated heterocycles. The summed E-state index contributed by atoms with van der Waals surface area (Å²) in [6.07, 6.45) is -4.43. The van der Waals surface area contributed by atoms with Crippen LogP contribution >= 0.6 is 11.6 Å². The number of hydrogen-bond acceptors (Lipinski definition) is 4. The van der Waals surface area contributed by atoms with Crippen LogP contribution in [0.1, 0.15) is 21.5 Å². The lowest BCUT2D eigenvalue weighted by Crippen LogP contribution is -2.17. The highest BCUT2D eigenvalue weighted by atomic mass is 35.5. The number of amides is 1. The minimum absolute atomic E-state index is 0.0216. The fourth-order valence-electron chi connectivity index (χ4n) is 2.81. The summed E-state index contributed by atoms with van der Waals surface area (Å²) in [7, 11) is -4.32. The third kappa shape index (κ3) is 6.03. The van der Waals surface area contributed by atoms with E-state index in [0.29, 0.717) is 11.8 Å².